The van der Waals surface area contributed by atoms with Crippen molar-refractivity contribution in [3.63, 3.8) is 0 Å². The highest BCUT2D eigenvalue weighted by Crippen LogP contribution is 2.36. The molecule has 27 heavy (non-hydrogen) atoms. The lowest BCUT2D eigenvalue weighted by Crippen LogP contribution is -2.44. The Hall–Kier alpha value is -2.73. The molecule has 0 bridgehead atoms. The van der Waals surface area contributed by atoms with E-state index in [4.69, 9.17) is 21.1 Å². The minimum atomic E-state index is -0.273. The molecule has 1 aliphatic heterocycles. The second-order valence-electron chi connectivity index (χ2n) is 6.26. The zero-order chi connectivity index (χ0) is 19.4. The molecule has 6 nitrogen and oxygen atoms in total. The first-order valence-electron chi connectivity index (χ1n) is 8.75. The lowest BCUT2D eigenvalue weighted by Gasteiger charge is -2.33. The van der Waals surface area contributed by atoms with Crippen molar-refractivity contribution in [3.05, 3.63) is 53.1 Å². The average molecular weight is 389 g/mol. The Morgan fingerprint density at radius 3 is 2.70 bits per heavy atom. The van der Waals surface area contributed by atoms with Crippen molar-refractivity contribution in [2.75, 3.05) is 23.4 Å². The number of carbonyl (C=O) groups excluding carboxylic acids is 2. The summed E-state index contributed by atoms with van der Waals surface area (Å²) in [5.74, 6) is 0.350. The number of hydrogen-bond acceptors (Lipinski definition) is 4. The Balaban J connectivity index is 1.70. The summed E-state index contributed by atoms with van der Waals surface area (Å²) in [7, 11) is 0. The van der Waals surface area contributed by atoms with Gasteiger partial charge in [0.25, 0.3) is 0 Å². The van der Waals surface area contributed by atoms with E-state index in [1.807, 2.05) is 6.92 Å². The summed E-state index contributed by atoms with van der Waals surface area (Å²) in [6.07, 6.45) is 0.0749. The topological polar surface area (TPSA) is 67.9 Å². The van der Waals surface area contributed by atoms with Crippen molar-refractivity contribution in [1.29, 1.82) is 0 Å². The zero-order valence-electron chi connectivity index (χ0n) is 15.2. The molecule has 142 valence electrons. The van der Waals surface area contributed by atoms with Gasteiger partial charge < -0.3 is 14.8 Å². The number of rotatable bonds is 4. The highest BCUT2D eigenvalue weighted by atomic mass is 35.5. The van der Waals surface area contributed by atoms with Gasteiger partial charge in [-0.3, -0.25) is 9.69 Å². The second kappa shape index (κ2) is 8.31. The first-order valence-corrected chi connectivity index (χ1v) is 9.13. The normalized spacial score (nSPS) is 15.5. The summed E-state index contributed by atoms with van der Waals surface area (Å²) in [4.78, 5) is 25.9. The van der Waals surface area contributed by atoms with Gasteiger partial charge in [-0.05, 0) is 49.7 Å². The van der Waals surface area contributed by atoms with Crippen molar-refractivity contribution in [2.24, 2.45) is 0 Å². The van der Waals surface area contributed by atoms with Gasteiger partial charge in [0.2, 0.25) is 0 Å². The van der Waals surface area contributed by atoms with E-state index < -0.39 is 0 Å². The first kappa shape index (κ1) is 19.0. The van der Waals surface area contributed by atoms with Crippen LogP contribution in [0, 0.1) is 0 Å². The van der Waals surface area contributed by atoms with Crippen molar-refractivity contribution < 1.29 is 19.1 Å². The smallest absolute Gasteiger partial charge is 0.326 e. The van der Waals surface area contributed by atoms with Gasteiger partial charge in [-0.2, -0.15) is 0 Å². The van der Waals surface area contributed by atoms with Crippen LogP contribution in [0.15, 0.2) is 42.5 Å². The summed E-state index contributed by atoms with van der Waals surface area (Å²) < 4.78 is 10.7. The molecule has 0 unspecified atom stereocenters. The van der Waals surface area contributed by atoms with Gasteiger partial charge in [-0.25, -0.2) is 4.79 Å². The van der Waals surface area contributed by atoms with Gasteiger partial charge in [0.05, 0.1) is 25.3 Å². The molecule has 0 radical (unpaired) electrons. The van der Waals surface area contributed by atoms with Gasteiger partial charge in [-0.15, -0.1) is 0 Å². The first-order chi connectivity index (χ1) is 13.0. The summed E-state index contributed by atoms with van der Waals surface area (Å²) in [6.45, 7) is 4.45. The number of esters is 1. The Kier molecular flexibility index (Phi) is 5.86. The van der Waals surface area contributed by atoms with Crippen molar-refractivity contribution in [1.82, 2.24) is 0 Å². The van der Waals surface area contributed by atoms with Crippen LogP contribution >= 0.6 is 11.6 Å². The van der Waals surface area contributed by atoms with E-state index in [2.05, 4.69) is 5.32 Å². The number of anilines is 2. The van der Waals surface area contributed by atoms with Crippen LogP contribution < -0.4 is 15.0 Å². The van der Waals surface area contributed by atoms with E-state index in [1.54, 1.807) is 54.3 Å². The van der Waals surface area contributed by atoms with Crippen LogP contribution in [0.4, 0.5) is 16.2 Å². The molecule has 2 aromatic rings. The molecular formula is C20H21ClN2O4. The highest BCUT2D eigenvalue weighted by Gasteiger charge is 2.28. The predicted molar refractivity (Wildman–Crippen MR) is 105 cm³/mol. The molecule has 0 aromatic heterocycles. The molecule has 1 N–H and O–H groups in total. The maximum atomic E-state index is 12.8. The number of carbonyl (C=O) groups is 2. The Morgan fingerprint density at radius 1 is 1.26 bits per heavy atom. The molecule has 1 aliphatic rings. The van der Waals surface area contributed by atoms with Crippen molar-refractivity contribution >= 4 is 35.0 Å². The Morgan fingerprint density at radius 2 is 2.00 bits per heavy atom. The van der Waals surface area contributed by atoms with E-state index in [-0.39, 0.29) is 24.5 Å². The van der Waals surface area contributed by atoms with Crippen molar-refractivity contribution in [3.8, 4) is 5.75 Å². The van der Waals surface area contributed by atoms with Crippen LogP contribution in [-0.2, 0) is 16.0 Å². The van der Waals surface area contributed by atoms with Gasteiger partial charge in [0.1, 0.15) is 11.9 Å². The molecule has 0 saturated carbocycles. The van der Waals surface area contributed by atoms with Gasteiger partial charge in [-0.1, -0.05) is 23.7 Å². The number of amides is 2. The third-order valence-electron chi connectivity index (χ3n) is 4.08. The SMILES string of the molecule is CCOC(=O)Cc1ccc(NC(=O)N2C[C@@H](C)Oc3ccc(Cl)cc32)cc1. The average Bonchev–Trinajstić information content (AvgIpc) is 2.63. The number of halogens is 1. The number of nitrogens with zero attached hydrogens (tertiary/aromatic N) is 1. The molecule has 1 atom stereocenters. The van der Waals surface area contributed by atoms with E-state index in [1.165, 1.54) is 0 Å². The Bertz CT molecular complexity index is 838. The minimum absolute atomic E-state index is 0.128. The van der Waals surface area contributed by atoms with E-state index in [0.29, 0.717) is 35.3 Å². The fourth-order valence-corrected chi connectivity index (χ4v) is 3.04. The second-order valence-corrected chi connectivity index (χ2v) is 6.70. The number of urea groups is 1. The molecule has 0 saturated heterocycles. The zero-order valence-corrected chi connectivity index (χ0v) is 16.0. The number of ether oxygens (including phenoxy) is 2. The predicted octanol–water partition coefficient (Wildman–Crippen LogP) is 4.27. The van der Waals surface area contributed by atoms with Crippen LogP contribution in [0.3, 0.4) is 0 Å². The monoisotopic (exact) mass is 388 g/mol. The van der Waals surface area contributed by atoms with Crippen LogP contribution in [-0.4, -0.2) is 31.3 Å². The van der Waals surface area contributed by atoms with E-state index in [0.717, 1.165) is 5.56 Å². The molecule has 0 aliphatic carbocycles. The summed E-state index contributed by atoms with van der Waals surface area (Å²) in [5, 5.41) is 3.41. The molecule has 7 heteroatoms. The fourth-order valence-electron chi connectivity index (χ4n) is 2.88. The molecule has 2 aromatic carbocycles. The van der Waals surface area contributed by atoms with Crippen molar-refractivity contribution in [2.45, 2.75) is 26.4 Å². The van der Waals surface area contributed by atoms with E-state index >= 15 is 0 Å². The van der Waals surface area contributed by atoms with E-state index in [9.17, 15) is 9.59 Å². The lowest BCUT2D eigenvalue weighted by atomic mass is 10.1. The molecule has 0 spiro atoms. The molecular weight excluding hydrogens is 368 g/mol. The fraction of sp³-hybridized carbons (Fsp3) is 0.300. The maximum absolute atomic E-state index is 12.8. The summed E-state index contributed by atoms with van der Waals surface area (Å²) in [5.41, 5.74) is 2.09. The molecule has 1 heterocycles. The molecule has 0 fully saturated rings. The highest BCUT2D eigenvalue weighted by molar-refractivity contribution is 6.31. The third kappa shape index (κ3) is 4.71. The van der Waals surface area contributed by atoms with Gasteiger partial charge in [0.15, 0.2) is 0 Å². The van der Waals surface area contributed by atoms with Gasteiger partial charge >= 0.3 is 12.0 Å². The number of benzene rings is 2. The van der Waals surface area contributed by atoms with Crippen LogP contribution in [0.5, 0.6) is 5.75 Å². The quantitative estimate of drug-likeness (QED) is 0.794. The summed E-state index contributed by atoms with van der Waals surface area (Å²) >= 11 is 6.07. The molecule has 3 rings (SSSR count). The molecule has 2 amide bonds. The van der Waals surface area contributed by atoms with Crippen LogP contribution in [0.2, 0.25) is 5.02 Å². The van der Waals surface area contributed by atoms with Crippen LogP contribution in [0.1, 0.15) is 19.4 Å². The standard InChI is InChI=1S/C20H21ClN2O4/c1-3-26-19(24)10-14-4-7-16(8-5-14)22-20(25)23-12-13(2)27-18-9-6-15(21)11-17(18)23/h4-9,11,13H,3,10,12H2,1-2H3,(H,22,25)/t13-/m1/s1. The minimum Gasteiger partial charge on any atom is -0.487 e. The Labute approximate surface area is 163 Å². The number of hydrogen-bond donors (Lipinski definition) is 1. The number of nitrogens with one attached hydrogen (secondary N) is 1. The third-order valence-corrected chi connectivity index (χ3v) is 4.32. The number of fused-ring (bicyclic) bond motifs is 1. The lowest BCUT2D eigenvalue weighted by molar-refractivity contribution is -0.142. The van der Waals surface area contributed by atoms with Gasteiger partial charge in [0, 0.05) is 10.7 Å². The largest absolute Gasteiger partial charge is 0.487 e. The summed E-state index contributed by atoms with van der Waals surface area (Å²) in [6, 6.07) is 12.0. The maximum Gasteiger partial charge on any atom is 0.326 e. The van der Waals surface area contributed by atoms with Crippen LogP contribution in [0.25, 0.3) is 0 Å².